The topological polar surface area (TPSA) is 26.3 Å². The zero-order chi connectivity index (χ0) is 11.2. The maximum Gasteiger partial charge on any atom is 0.356 e. The van der Waals surface area contributed by atoms with Gasteiger partial charge in [0.1, 0.15) is 17.6 Å². The van der Waals surface area contributed by atoms with Crippen LogP contribution in [0, 0.1) is 0 Å². The highest BCUT2D eigenvalue weighted by Gasteiger charge is 2.27. The monoisotopic (exact) mass is 243 g/mol. The molecule has 2 aliphatic rings. The Hall–Kier alpha value is -0.180. The average Bonchev–Trinajstić information content (AvgIpc) is 2.31. The Balaban J connectivity index is 1.66. The second kappa shape index (κ2) is 6.53. The molecule has 1 aliphatic heterocycles. The lowest BCUT2D eigenvalue weighted by atomic mass is 9.98. The van der Waals surface area contributed by atoms with Crippen LogP contribution < -0.4 is 0 Å². The molecule has 0 bridgehead atoms. The summed E-state index contributed by atoms with van der Waals surface area (Å²) in [5.41, 5.74) is 0. The molecule has 1 heterocycles. The van der Waals surface area contributed by atoms with E-state index >= 15 is 0 Å². The molecule has 0 amide bonds. The van der Waals surface area contributed by atoms with Gasteiger partial charge in [-0.1, -0.05) is 6.42 Å². The third-order valence-electron chi connectivity index (χ3n) is 3.54. The Bertz CT molecular complexity index is 196. The normalized spacial score (nSPS) is 24.2. The standard InChI is InChI=1S/C13H23O2S/c14-13(11-16-9-5-2-6-10-16)15-12-7-3-1-4-8-12/h12H,1-11H2/q+1. The number of carbonyl (C=O) groups is 1. The van der Waals surface area contributed by atoms with Crippen molar-refractivity contribution in [3.63, 3.8) is 0 Å². The second-order valence-corrected chi connectivity index (χ2v) is 7.31. The lowest BCUT2D eigenvalue weighted by Gasteiger charge is -2.22. The van der Waals surface area contributed by atoms with Gasteiger partial charge in [0.25, 0.3) is 0 Å². The molecule has 0 aromatic rings. The molecule has 1 saturated carbocycles. The molecular weight excluding hydrogens is 220 g/mol. The average molecular weight is 243 g/mol. The van der Waals surface area contributed by atoms with Crippen LogP contribution in [0.3, 0.4) is 0 Å². The molecule has 0 atom stereocenters. The number of rotatable bonds is 3. The molecule has 0 spiro atoms. The van der Waals surface area contributed by atoms with Crippen LogP contribution in [-0.2, 0) is 20.4 Å². The minimum atomic E-state index is 0.0807. The minimum absolute atomic E-state index is 0.0807. The van der Waals surface area contributed by atoms with E-state index in [0.29, 0.717) is 16.6 Å². The molecule has 2 nitrogen and oxygen atoms in total. The Kier molecular flexibility index (Phi) is 5.01. The van der Waals surface area contributed by atoms with Crippen LogP contribution in [0.1, 0.15) is 51.4 Å². The maximum atomic E-state index is 11.8. The SMILES string of the molecule is O=C(C[S+]1CCCCC1)OC1CCCCC1. The first kappa shape index (κ1) is 12.3. The number of carbonyl (C=O) groups excluding carboxylic acids is 1. The van der Waals surface area contributed by atoms with Crippen LogP contribution in [0.25, 0.3) is 0 Å². The van der Waals surface area contributed by atoms with Gasteiger partial charge >= 0.3 is 5.97 Å². The van der Waals surface area contributed by atoms with E-state index in [1.807, 2.05) is 0 Å². The molecular formula is C13H23O2S+. The second-order valence-electron chi connectivity index (χ2n) is 4.98. The van der Waals surface area contributed by atoms with E-state index in [4.69, 9.17) is 4.74 Å². The minimum Gasteiger partial charge on any atom is -0.459 e. The first-order chi connectivity index (χ1) is 7.84. The van der Waals surface area contributed by atoms with Gasteiger partial charge < -0.3 is 4.74 Å². The quantitative estimate of drug-likeness (QED) is 0.563. The molecule has 92 valence electrons. The molecule has 2 fully saturated rings. The van der Waals surface area contributed by atoms with Gasteiger partial charge in [-0.3, -0.25) is 0 Å². The van der Waals surface area contributed by atoms with E-state index in [-0.39, 0.29) is 12.1 Å². The zero-order valence-corrected chi connectivity index (χ0v) is 10.9. The molecule has 1 saturated heterocycles. The van der Waals surface area contributed by atoms with E-state index in [2.05, 4.69) is 0 Å². The maximum absolute atomic E-state index is 11.8. The van der Waals surface area contributed by atoms with Gasteiger partial charge in [-0.25, -0.2) is 4.79 Å². The highest BCUT2D eigenvalue weighted by atomic mass is 32.2. The fraction of sp³-hybridized carbons (Fsp3) is 0.923. The van der Waals surface area contributed by atoms with Crippen molar-refractivity contribution in [1.29, 1.82) is 0 Å². The van der Waals surface area contributed by atoms with Crippen LogP contribution in [0.4, 0.5) is 0 Å². The largest absolute Gasteiger partial charge is 0.459 e. The molecule has 16 heavy (non-hydrogen) atoms. The highest BCUT2D eigenvalue weighted by Crippen LogP contribution is 2.21. The van der Waals surface area contributed by atoms with E-state index in [0.717, 1.165) is 12.8 Å². The van der Waals surface area contributed by atoms with Crippen LogP contribution >= 0.6 is 0 Å². The fourth-order valence-electron chi connectivity index (χ4n) is 2.61. The summed E-state index contributed by atoms with van der Waals surface area (Å²) in [6.07, 6.45) is 10.2. The van der Waals surface area contributed by atoms with E-state index in [9.17, 15) is 4.79 Å². The van der Waals surface area contributed by atoms with Gasteiger partial charge in [-0.15, -0.1) is 0 Å². The van der Waals surface area contributed by atoms with Gasteiger partial charge in [0, 0.05) is 0 Å². The van der Waals surface area contributed by atoms with Gasteiger partial charge in [-0.05, 0) is 55.8 Å². The number of hydrogen-bond donors (Lipinski definition) is 0. The van der Waals surface area contributed by atoms with Gasteiger partial charge in [-0.2, -0.15) is 0 Å². The number of ether oxygens (including phenoxy) is 1. The zero-order valence-electron chi connectivity index (χ0n) is 10.1. The van der Waals surface area contributed by atoms with E-state index < -0.39 is 0 Å². The predicted octanol–water partition coefficient (Wildman–Crippen LogP) is 2.66. The fourth-order valence-corrected chi connectivity index (χ4v) is 4.72. The Labute approximate surface area is 101 Å². The van der Waals surface area contributed by atoms with Gasteiger partial charge in [0.15, 0.2) is 0 Å². The van der Waals surface area contributed by atoms with Crippen LogP contribution in [-0.4, -0.2) is 29.3 Å². The van der Waals surface area contributed by atoms with Crippen molar-refractivity contribution in [2.45, 2.75) is 57.5 Å². The third-order valence-corrected chi connectivity index (χ3v) is 5.91. The summed E-state index contributed by atoms with van der Waals surface area (Å²) in [5.74, 6) is 3.31. The molecule has 1 aliphatic carbocycles. The third kappa shape index (κ3) is 4.00. The summed E-state index contributed by atoms with van der Waals surface area (Å²) in [4.78, 5) is 11.8. The molecule has 0 N–H and O–H groups in total. The Morgan fingerprint density at radius 1 is 1.00 bits per heavy atom. The summed E-state index contributed by atoms with van der Waals surface area (Å²) in [6.45, 7) is 0. The van der Waals surface area contributed by atoms with Crippen LogP contribution in [0.2, 0.25) is 0 Å². The van der Waals surface area contributed by atoms with E-state index in [1.54, 1.807) is 0 Å². The molecule has 0 radical (unpaired) electrons. The van der Waals surface area contributed by atoms with Crippen LogP contribution in [0.15, 0.2) is 0 Å². The lowest BCUT2D eigenvalue weighted by Crippen LogP contribution is -2.30. The van der Waals surface area contributed by atoms with Crippen molar-refractivity contribution >= 4 is 16.9 Å². The first-order valence-electron chi connectivity index (χ1n) is 6.68. The Morgan fingerprint density at radius 2 is 1.62 bits per heavy atom. The first-order valence-corrected chi connectivity index (χ1v) is 8.41. The van der Waals surface area contributed by atoms with Crippen molar-refractivity contribution in [2.24, 2.45) is 0 Å². The smallest absolute Gasteiger partial charge is 0.356 e. The lowest BCUT2D eigenvalue weighted by molar-refractivity contribution is -0.147. The Morgan fingerprint density at radius 3 is 2.31 bits per heavy atom. The van der Waals surface area contributed by atoms with E-state index in [1.165, 1.54) is 50.0 Å². The predicted molar refractivity (Wildman–Crippen MR) is 68.8 cm³/mol. The molecule has 0 aromatic heterocycles. The van der Waals surface area contributed by atoms with Crippen LogP contribution in [0.5, 0.6) is 0 Å². The summed E-state index contributed by atoms with van der Waals surface area (Å²) in [5, 5.41) is 0. The van der Waals surface area contributed by atoms with Gasteiger partial charge in [0.05, 0.1) is 0 Å². The van der Waals surface area contributed by atoms with Crippen molar-refractivity contribution in [2.75, 3.05) is 17.3 Å². The summed E-state index contributed by atoms with van der Waals surface area (Å²) >= 11 is 0. The van der Waals surface area contributed by atoms with Crippen molar-refractivity contribution < 1.29 is 9.53 Å². The number of esters is 1. The van der Waals surface area contributed by atoms with Crippen molar-refractivity contribution in [1.82, 2.24) is 0 Å². The molecule has 3 heteroatoms. The van der Waals surface area contributed by atoms with Crippen molar-refractivity contribution in [3.05, 3.63) is 0 Å². The molecule has 2 rings (SSSR count). The highest BCUT2D eigenvalue weighted by molar-refractivity contribution is 7.97. The number of hydrogen-bond acceptors (Lipinski definition) is 2. The molecule has 0 unspecified atom stereocenters. The molecule has 0 aromatic carbocycles. The van der Waals surface area contributed by atoms with Gasteiger partial charge in [0.2, 0.25) is 5.75 Å². The summed E-state index contributed by atoms with van der Waals surface area (Å²) in [6, 6.07) is 0. The summed E-state index contributed by atoms with van der Waals surface area (Å²) < 4.78 is 5.56. The van der Waals surface area contributed by atoms with Crippen molar-refractivity contribution in [3.8, 4) is 0 Å². The summed E-state index contributed by atoms with van der Waals surface area (Å²) in [7, 11) is 0.346.